The van der Waals surface area contributed by atoms with Gasteiger partial charge in [0.15, 0.2) is 0 Å². The van der Waals surface area contributed by atoms with Gasteiger partial charge >= 0.3 is 0 Å². The molecule has 0 amide bonds. The number of anilines is 1. The molecule has 2 aromatic heterocycles. The summed E-state index contributed by atoms with van der Waals surface area (Å²) < 4.78 is 8.51. The van der Waals surface area contributed by atoms with Crippen molar-refractivity contribution in [3.63, 3.8) is 0 Å². The maximum absolute atomic E-state index is 12.4. The van der Waals surface area contributed by atoms with Crippen molar-refractivity contribution in [2.75, 3.05) is 11.9 Å². The molecule has 0 aromatic carbocycles. The highest BCUT2D eigenvalue weighted by atomic mass is 16.5. The first-order valence-electron chi connectivity index (χ1n) is 9.09. The molecule has 8 nitrogen and oxygen atoms in total. The minimum Gasteiger partial charge on any atom is -0.376 e. The molecule has 0 radical (unpaired) electrons. The summed E-state index contributed by atoms with van der Waals surface area (Å²) >= 11 is 0. The number of nitrogens with zero attached hydrogens (tertiary/aromatic N) is 4. The lowest BCUT2D eigenvalue weighted by Crippen LogP contribution is -2.35. The van der Waals surface area contributed by atoms with Crippen LogP contribution in [0.5, 0.6) is 0 Å². The van der Waals surface area contributed by atoms with Gasteiger partial charge in [0.25, 0.3) is 11.1 Å². The quantitative estimate of drug-likeness (QED) is 0.881. The van der Waals surface area contributed by atoms with Gasteiger partial charge in [-0.25, -0.2) is 9.67 Å². The number of aromatic nitrogens is 4. The highest BCUT2D eigenvalue weighted by Crippen LogP contribution is 2.28. The second kappa shape index (κ2) is 7.03. The Morgan fingerprint density at radius 3 is 2.73 bits per heavy atom. The van der Waals surface area contributed by atoms with Crippen molar-refractivity contribution in [3.05, 3.63) is 50.4 Å². The zero-order valence-electron chi connectivity index (χ0n) is 14.9. The summed E-state index contributed by atoms with van der Waals surface area (Å²) in [6.07, 6.45) is 5.87. The molecule has 2 aliphatic rings. The molecule has 26 heavy (non-hydrogen) atoms. The van der Waals surface area contributed by atoms with Gasteiger partial charge in [-0.3, -0.25) is 9.59 Å². The number of fused-ring (bicyclic) bond motifs is 1. The molecule has 0 bridgehead atoms. The minimum absolute atomic E-state index is 0.0427. The summed E-state index contributed by atoms with van der Waals surface area (Å²) in [7, 11) is 1.68. The van der Waals surface area contributed by atoms with Gasteiger partial charge in [-0.05, 0) is 25.7 Å². The topological polar surface area (TPSA) is 91.0 Å². The molecule has 1 N–H and O–H groups in total. The van der Waals surface area contributed by atoms with Crippen LogP contribution in [0, 0.1) is 0 Å². The van der Waals surface area contributed by atoms with Crippen LogP contribution in [0.1, 0.15) is 43.0 Å². The van der Waals surface area contributed by atoms with Gasteiger partial charge in [-0.1, -0.05) is 0 Å². The van der Waals surface area contributed by atoms with E-state index >= 15 is 0 Å². The summed E-state index contributed by atoms with van der Waals surface area (Å²) in [6, 6.07) is 3.58. The molecule has 3 heterocycles. The predicted molar refractivity (Wildman–Crippen MR) is 96.3 cm³/mol. The number of ether oxygens (including phenoxy) is 1. The lowest BCUT2D eigenvalue weighted by molar-refractivity contribution is 0.107. The first kappa shape index (κ1) is 17.0. The van der Waals surface area contributed by atoms with E-state index in [0.29, 0.717) is 19.0 Å². The van der Waals surface area contributed by atoms with Crippen molar-refractivity contribution in [2.24, 2.45) is 7.05 Å². The van der Waals surface area contributed by atoms with Gasteiger partial charge in [0.1, 0.15) is 5.82 Å². The van der Waals surface area contributed by atoms with Crippen LogP contribution in [-0.4, -0.2) is 32.0 Å². The first-order chi connectivity index (χ1) is 12.6. The van der Waals surface area contributed by atoms with Crippen LogP contribution in [0.2, 0.25) is 0 Å². The predicted octanol–water partition coefficient (Wildman–Crippen LogP) is 1.01. The summed E-state index contributed by atoms with van der Waals surface area (Å²) in [5.41, 5.74) is 1.79. The van der Waals surface area contributed by atoms with Crippen LogP contribution in [0.3, 0.4) is 0 Å². The van der Waals surface area contributed by atoms with Crippen LogP contribution in [0.15, 0.2) is 28.0 Å². The Labute approximate surface area is 150 Å². The van der Waals surface area contributed by atoms with Crippen LogP contribution in [0.25, 0.3) is 0 Å². The van der Waals surface area contributed by atoms with Crippen molar-refractivity contribution >= 4 is 5.82 Å². The Balaban J connectivity index is 1.43. The second-order valence-corrected chi connectivity index (χ2v) is 7.07. The number of aryl methyl sites for hydroxylation is 1. The van der Waals surface area contributed by atoms with E-state index < -0.39 is 0 Å². The molecule has 1 aliphatic carbocycles. The maximum Gasteiger partial charge on any atom is 0.267 e. The summed E-state index contributed by atoms with van der Waals surface area (Å²) in [6.45, 7) is 1.15. The van der Waals surface area contributed by atoms with Crippen molar-refractivity contribution in [2.45, 2.75) is 50.8 Å². The van der Waals surface area contributed by atoms with Crippen LogP contribution < -0.4 is 16.4 Å². The first-order valence-corrected chi connectivity index (χ1v) is 9.09. The van der Waals surface area contributed by atoms with Gasteiger partial charge < -0.3 is 14.6 Å². The monoisotopic (exact) mass is 357 g/mol. The second-order valence-electron chi connectivity index (χ2n) is 7.07. The molecule has 138 valence electrons. The van der Waals surface area contributed by atoms with E-state index in [1.54, 1.807) is 17.8 Å². The molecule has 8 heteroatoms. The standard InChI is InChI=1S/C18H23N5O3/c1-22-11-19-16(9-17(22)24)20-13-2-4-14(5-3-13)23-18(25)8-12-10-26-7-6-15(12)21-23/h8-9,11,13-14,20H,2-7,10H2,1H3. The SMILES string of the molecule is Cn1cnc(NC2CCC(n3nc4c(cc3=O)COCC4)CC2)cc1=O. The molecular formula is C18H23N5O3. The summed E-state index contributed by atoms with van der Waals surface area (Å²) in [4.78, 5) is 28.4. The van der Waals surface area contributed by atoms with Crippen LogP contribution in [-0.2, 0) is 24.8 Å². The van der Waals surface area contributed by atoms with Gasteiger partial charge in [-0.15, -0.1) is 0 Å². The van der Waals surface area contributed by atoms with Gasteiger partial charge in [0, 0.05) is 37.2 Å². The summed E-state index contributed by atoms with van der Waals surface area (Å²) in [5, 5.41) is 7.95. The highest BCUT2D eigenvalue weighted by Gasteiger charge is 2.25. The van der Waals surface area contributed by atoms with E-state index in [2.05, 4.69) is 15.4 Å². The third-order valence-electron chi connectivity index (χ3n) is 5.24. The number of rotatable bonds is 3. The van der Waals surface area contributed by atoms with Crippen molar-refractivity contribution < 1.29 is 4.74 Å². The normalized spacial score (nSPS) is 22.7. The lowest BCUT2D eigenvalue weighted by Gasteiger charge is -2.30. The van der Waals surface area contributed by atoms with Crippen molar-refractivity contribution in [3.8, 4) is 0 Å². The van der Waals surface area contributed by atoms with E-state index in [4.69, 9.17) is 4.74 Å². The largest absolute Gasteiger partial charge is 0.376 e. The van der Waals surface area contributed by atoms with Crippen LogP contribution in [0.4, 0.5) is 5.82 Å². The van der Waals surface area contributed by atoms with Gasteiger partial charge in [-0.2, -0.15) is 5.10 Å². The van der Waals surface area contributed by atoms with E-state index in [9.17, 15) is 9.59 Å². The molecular weight excluding hydrogens is 334 g/mol. The molecule has 1 fully saturated rings. The fourth-order valence-corrected chi connectivity index (χ4v) is 3.70. The zero-order valence-corrected chi connectivity index (χ0v) is 14.9. The van der Waals surface area contributed by atoms with Gasteiger partial charge in [0.2, 0.25) is 0 Å². The Morgan fingerprint density at radius 1 is 1.15 bits per heavy atom. The Kier molecular flexibility index (Phi) is 4.58. The molecule has 0 saturated heterocycles. The molecule has 0 spiro atoms. The highest BCUT2D eigenvalue weighted by molar-refractivity contribution is 5.33. The molecule has 1 saturated carbocycles. The lowest BCUT2D eigenvalue weighted by atomic mass is 9.91. The Morgan fingerprint density at radius 2 is 1.96 bits per heavy atom. The maximum atomic E-state index is 12.4. The van der Waals surface area contributed by atoms with E-state index in [0.717, 1.165) is 43.4 Å². The number of nitrogens with one attached hydrogen (secondary N) is 1. The smallest absolute Gasteiger partial charge is 0.267 e. The minimum atomic E-state index is -0.0787. The Bertz CT molecular complexity index is 912. The molecule has 0 atom stereocenters. The summed E-state index contributed by atoms with van der Waals surface area (Å²) in [5.74, 6) is 0.612. The number of hydrogen-bond donors (Lipinski definition) is 1. The molecule has 2 aromatic rings. The zero-order chi connectivity index (χ0) is 18.1. The molecule has 0 unspecified atom stereocenters. The average Bonchev–Trinajstić information content (AvgIpc) is 2.65. The number of hydrogen-bond acceptors (Lipinski definition) is 6. The third-order valence-corrected chi connectivity index (χ3v) is 5.24. The van der Waals surface area contributed by atoms with E-state index in [-0.39, 0.29) is 23.2 Å². The molecule has 4 rings (SSSR count). The van der Waals surface area contributed by atoms with E-state index in [1.165, 1.54) is 17.0 Å². The van der Waals surface area contributed by atoms with Crippen molar-refractivity contribution in [1.29, 1.82) is 0 Å². The van der Waals surface area contributed by atoms with E-state index in [1.807, 2.05) is 0 Å². The fraction of sp³-hybridized carbons (Fsp3) is 0.556. The third kappa shape index (κ3) is 3.41. The fourth-order valence-electron chi connectivity index (χ4n) is 3.70. The molecule has 1 aliphatic heterocycles. The van der Waals surface area contributed by atoms with Crippen molar-refractivity contribution in [1.82, 2.24) is 19.3 Å². The van der Waals surface area contributed by atoms with Gasteiger partial charge in [0.05, 0.1) is 31.3 Å². The van der Waals surface area contributed by atoms with Crippen LogP contribution >= 0.6 is 0 Å². The average molecular weight is 357 g/mol. The Hall–Kier alpha value is -2.48.